The molecule has 2 heterocycles. The molecule has 2 N–H and O–H groups in total. The van der Waals surface area contributed by atoms with Crippen LogP contribution in [0.3, 0.4) is 0 Å². The van der Waals surface area contributed by atoms with E-state index in [0.29, 0.717) is 11.4 Å². The van der Waals surface area contributed by atoms with Crippen molar-refractivity contribution in [3.63, 3.8) is 0 Å². The van der Waals surface area contributed by atoms with Gasteiger partial charge in [0, 0.05) is 12.1 Å². The Bertz CT molecular complexity index is 1180. The molecule has 2 amide bonds. The number of carbonyl (C=O) groups excluding carboxylic acids is 1. The van der Waals surface area contributed by atoms with Gasteiger partial charge in [-0.2, -0.15) is 9.36 Å². The van der Waals surface area contributed by atoms with Crippen LogP contribution < -0.4 is 10.6 Å². The van der Waals surface area contributed by atoms with Gasteiger partial charge < -0.3 is 10.6 Å². The first kappa shape index (κ1) is 21.5. The van der Waals surface area contributed by atoms with Crippen LogP contribution >= 0.6 is 23.2 Å². The lowest BCUT2D eigenvalue weighted by atomic mass is 10.3. The molecule has 0 aliphatic rings. The first-order valence-electron chi connectivity index (χ1n) is 8.89. The molecule has 4 rings (SSSR count). The predicted molar refractivity (Wildman–Crippen MR) is 107 cm³/mol. The van der Waals surface area contributed by atoms with Gasteiger partial charge in [0.15, 0.2) is 11.6 Å². The van der Waals surface area contributed by atoms with Gasteiger partial charge in [-0.25, -0.2) is 13.6 Å². The summed E-state index contributed by atoms with van der Waals surface area (Å²) in [5.41, 5.74) is 0.673. The summed E-state index contributed by atoms with van der Waals surface area (Å²) in [6.45, 7) is -0.118. The zero-order chi connectivity index (χ0) is 22.7. The first-order chi connectivity index (χ1) is 15.4. The maximum atomic E-state index is 13.7. The summed E-state index contributed by atoms with van der Waals surface area (Å²) >= 11 is 11.4. The summed E-state index contributed by atoms with van der Waals surface area (Å²) < 4.78 is 29.9. The lowest BCUT2D eigenvalue weighted by molar-refractivity contribution is 0.239. The van der Waals surface area contributed by atoms with Crippen LogP contribution in [0.15, 0.2) is 36.4 Å². The number of hydrogen-bond donors (Lipinski definition) is 2. The van der Waals surface area contributed by atoms with Gasteiger partial charge >= 0.3 is 6.03 Å². The second-order valence-electron chi connectivity index (χ2n) is 6.25. The van der Waals surface area contributed by atoms with Crippen molar-refractivity contribution >= 4 is 29.2 Å². The number of hydrogen-bond acceptors (Lipinski definition) is 7. The number of urea groups is 1. The highest BCUT2D eigenvalue weighted by Gasteiger charge is 2.14. The fourth-order valence-corrected chi connectivity index (χ4v) is 2.88. The average molecular weight is 481 g/mol. The third-order valence-corrected chi connectivity index (χ3v) is 4.79. The molecule has 0 atom stereocenters. The molecule has 0 radical (unpaired) electrons. The van der Waals surface area contributed by atoms with E-state index in [-0.39, 0.29) is 34.8 Å². The van der Waals surface area contributed by atoms with Gasteiger partial charge in [-0.15, -0.1) is 10.2 Å². The largest absolute Gasteiger partial charge is 0.331 e. The van der Waals surface area contributed by atoms with Crippen molar-refractivity contribution in [2.75, 3.05) is 0 Å². The Morgan fingerprint density at radius 3 is 1.66 bits per heavy atom. The fourth-order valence-electron chi connectivity index (χ4n) is 2.65. The zero-order valence-corrected chi connectivity index (χ0v) is 17.4. The normalized spacial score (nSPS) is 10.9. The Morgan fingerprint density at radius 2 is 1.25 bits per heavy atom. The molecule has 4 aromatic rings. The van der Waals surface area contributed by atoms with Crippen LogP contribution in [0.25, 0.3) is 11.4 Å². The van der Waals surface area contributed by atoms with Crippen molar-refractivity contribution in [2.45, 2.75) is 13.1 Å². The monoisotopic (exact) mass is 480 g/mol. The Morgan fingerprint density at radius 1 is 0.812 bits per heavy atom. The Kier molecular flexibility index (Phi) is 6.18. The van der Waals surface area contributed by atoms with Crippen molar-refractivity contribution in [3.05, 3.63) is 69.7 Å². The summed E-state index contributed by atoms with van der Waals surface area (Å²) in [5, 5.41) is 27.3. The highest BCUT2D eigenvalue weighted by molar-refractivity contribution is 6.31. The number of aromatic nitrogens is 8. The lowest BCUT2D eigenvalue weighted by Crippen LogP contribution is -2.36. The minimum Gasteiger partial charge on any atom is -0.331 e. The number of rotatable bonds is 6. The topological polar surface area (TPSA) is 128 Å². The summed E-state index contributed by atoms with van der Waals surface area (Å²) in [7, 11) is 0. The van der Waals surface area contributed by atoms with Crippen LogP contribution in [-0.4, -0.2) is 46.4 Å². The number of nitrogens with zero attached hydrogens (tertiary/aromatic N) is 8. The Balaban J connectivity index is 1.37. The maximum absolute atomic E-state index is 13.7. The van der Waals surface area contributed by atoms with E-state index in [4.69, 9.17) is 23.2 Å². The molecular weight excluding hydrogens is 469 g/mol. The number of nitrogens with one attached hydrogen (secondary N) is 2. The van der Waals surface area contributed by atoms with Crippen molar-refractivity contribution in [1.82, 2.24) is 51.0 Å². The minimum absolute atomic E-state index is 0.0374. The van der Waals surface area contributed by atoms with Gasteiger partial charge in [-0.05, 0) is 45.1 Å². The molecule has 0 aliphatic heterocycles. The van der Waals surface area contributed by atoms with Gasteiger partial charge in [0.2, 0.25) is 0 Å². The zero-order valence-electron chi connectivity index (χ0n) is 15.9. The van der Waals surface area contributed by atoms with Crippen LogP contribution in [0.1, 0.15) is 11.6 Å². The molecule has 164 valence electrons. The molecule has 0 unspecified atom stereocenters. The second kappa shape index (κ2) is 9.20. The van der Waals surface area contributed by atoms with E-state index in [0.717, 1.165) is 0 Å². The van der Waals surface area contributed by atoms with E-state index in [1.807, 2.05) is 0 Å². The molecule has 11 nitrogen and oxygen atoms in total. The standard InChI is InChI=1S/C17H12Cl2F2N10O/c18-11-3-1-9(5-13(11)20)30-15(24-26-28-30)7-22-17(32)23-8-16-25-27-29-31(16)10-2-4-12(19)14(21)6-10/h1-6H,7-8H2,(H2,22,23,32). The summed E-state index contributed by atoms with van der Waals surface area (Å²) in [5.74, 6) is -0.754. The van der Waals surface area contributed by atoms with E-state index in [2.05, 4.69) is 41.7 Å². The van der Waals surface area contributed by atoms with Crippen LogP contribution in [0.5, 0.6) is 0 Å². The molecule has 15 heteroatoms. The number of carbonyl (C=O) groups is 1. The van der Waals surface area contributed by atoms with Crippen molar-refractivity contribution in [1.29, 1.82) is 0 Å². The average Bonchev–Trinajstić information content (AvgIpc) is 3.44. The van der Waals surface area contributed by atoms with Gasteiger partial charge in [0.05, 0.1) is 34.5 Å². The van der Waals surface area contributed by atoms with Gasteiger partial charge in [-0.1, -0.05) is 23.2 Å². The molecule has 0 saturated heterocycles. The highest BCUT2D eigenvalue weighted by atomic mass is 35.5. The molecule has 2 aromatic heterocycles. The Labute approximate surface area is 188 Å². The lowest BCUT2D eigenvalue weighted by Gasteiger charge is -2.09. The molecule has 0 saturated carbocycles. The van der Waals surface area contributed by atoms with Crippen LogP contribution in [0.2, 0.25) is 10.0 Å². The van der Waals surface area contributed by atoms with E-state index in [9.17, 15) is 13.6 Å². The van der Waals surface area contributed by atoms with Gasteiger partial charge in [0.25, 0.3) is 0 Å². The van der Waals surface area contributed by atoms with E-state index in [1.165, 1.54) is 45.8 Å². The molecule has 32 heavy (non-hydrogen) atoms. The summed E-state index contributed by atoms with van der Waals surface area (Å²) in [6.07, 6.45) is 0. The van der Waals surface area contributed by atoms with Crippen LogP contribution in [0.4, 0.5) is 13.6 Å². The number of tetrazole rings is 2. The van der Waals surface area contributed by atoms with Gasteiger partial charge in [-0.3, -0.25) is 0 Å². The molecule has 0 spiro atoms. The van der Waals surface area contributed by atoms with E-state index >= 15 is 0 Å². The quantitative estimate of drug-likeness (QED) is 0.432. The molecule has 0 aliphatic carbocycles. The van der Waals surface area contributed by atoms with Crippen molar-refractivity contribution < 1.29 is 13.6 Å². The maximum Gasteiger partial charge on any atom is 0.315 e. The number of amides is 2. The smallest absolute Gasteiger partial charge is 0.315 e. The molecular formula is C17H12Cl2F2N10O. The van der Waals surface area contributed by atoms with E-state index < -0.39 is 17.7 Å². The summed E-state index contributed by atoms with van der Waals surface area (Å²) in [4.78, 5) is 12.2. The van der Waals surface area contributed by atoms with Gasteiger partial charge in [0.1, 0.15) is 11.6 Å². The third-order valence-electron chi connectivity index (χ3n) is 4.18. The molecule has 0 bridgehead atoms. The van der Waals surface area contributed by atoms with E-state index in [1.54, 1.807) is 0 Å². The summed E-state index contributed by atoms with van der Waals surface area (Å²) in [6, 6.07) is 7.57. The minimum atomic E-state index is -0.630. The predicted octanol–water partition coefficient (Wildman–Crippen LogP) is 2.22. The van der Waals surface area contributed by atoms with Crippen LogP contribution in [-0.2, 0) is 13.1 Å². The number of benzene rings is 2. The SMILES string of the molecule is O=C(NCc1nnnn1-c1ccc(Cl)c(F)c1)NCc1nnnn1-c1ccc(Cl)c(F)c1. The molecule has 2 aromatic carbocycles. The molecule has 0 fully saturated rings. The Hall–Kier alpha value is -3.71. The third kappa shape index (κ3) is 4.63. The van der Waals surface area contributed by atoms with Crippen molar-refractivity contribution in [3.8, 4) is 11.4 Å². The highest BCUT2D eigenvalue weighted by Crippen LogP contribution is 2.19. The fraction of sp³-hybridized carbons (Fsp3) is 0.118. The second-order valence-corrected chi connectivity index (χ2v) is 7.06. The number of halogens is 4. The first-order valence-corrected chi connectivity index (χ1v) is 9.65. The van der Waals surface area contributed by atoms with Crippen LogP contribution in [0, 0.1) is 11.6 Å². The van der Waals surface area contributed by atoms with Crippen molar-refractivity contribution in [2.24, 2.45) is 0 Å².